The van der Waals surface area contributed by atoms with Gasteiger partial charge in [0.05, 0.1) is 16.8 Å². The smallest absolute Gasteiger partial charge is 0.326 e. The van der Waals surface area contributed by atoms with Gasteiger partial charge in [-0.2, -0.15) is 4.99 Å². The van der Waals surface area contributed by atoms with Crippen LogP contribution in [0.5, 0.6) is 5.75 Å². The van der Waals surface area contributed by atoms with Crippen molar-refractivity contribution < 1.29 is 19.1 Å². The van der Waals surface area contributed by atoms with Gasteiger partial charge in [0.15, 0.2) is 11.4 Å². The summed E-state index contributed by atoms with van der Waals surface area (Å²) in [5.41, 5.74) is 4.07. The van der Waals surface area contributed by atoms with Gasteiger partial charge in [0, 0.05) is 0 Å². The fourth-order valence-electron chi connectivity index (χ4n) is 3.08. The maximum Gasteiger partial charge on any atom is 0.326 e. The van der Waals surface area contributed by atoms with E-state index in [2.05, 4.69) is 11.1 Å². The molecule has 0 fully saturated rings. The molecule has 29 heavy (non-hydrogen) atoms. The molecule has 1 heterocycles. The van der Waals surface area contributed by atoms with Crippen molar-refractivity contribution in [1.29, 1.82) is 0 Å². The quantitative estimate of drug-likeness (QED) is 0.579. The highest BCUT2D eigenvalue weighted by molar-refractivity contribution is 7.16. The zero-order chi connectivity index (χ0) is 21.0. The lowest BCUT2D eigenvalue weighted by Crippen LogP contribution is -2.24. The first-order valence-electron chi connectivity index (χ1n) is 9.40. The van der Waals surface area contributed by atoms with E-state index >= 15 is 0 Å². The third kappa shape index (κ3) is 5.12. The lowest BCUT2D eigenvalue weighted by Gasteiger charge is -2.07. The Labute approximate surface area is 173 Å². The summed E-state index contributed by atoms with van der Waals surface area (Å²) < 4.78 is 13.4. The number of nitrogens with zero attached hydrogens (tertiary/aromatic N) is 2. The molecule has 0 aliphatic carbocycles. The van der Waals surface area contributed by atoms with E-state index < -0.39 is 5.91 Å². The van der Waals surface area contributed by atoms with Crippen molar-refractivity contribution in [1.82, 2.24) is 4.57 Å². The van der Waals surface area contributed by atoms with Crippen LogP contribution in [0.15, 0.2) is 41.4 Å². The summed E-state index contributed by atoms with van der Waals surface area (Å²) in [6, 6.07) is 11.5. The van der Waals surface area contributed by atoms with Gasteiger partial charge in [-0.3, -0.25) is 9.59 Å². The first-order valence-corrected chi connectivity index (χ1v) is 10.2. The average Bonchev–Trinajstić information content (AvgIpc) is 2.98. The van der Waals surface area contributed by atoms with Crippen molar-refractivity contribution in [2.24, 2.45) is 4.99 Å². The Balaban J connectivity index is 1.94. The number of hydrogen-bond donors (Lipinski definition) is 0. The molecular formula is C22H24N2O4S. The van der Waals surface area contributed by atoms with Crippen LogP contribution in [-0.2, 0) is 20.9 Å². The summed E-state index contributed by atoms with van der Waals surface area (Å²) in [6.45, 7) is 7.86. The van der Waals surface area contributed by atoms with Gasteiger partial charge in [-0.25, -0.2) is 0 Å². The number of amides is 1. The summed E-state index contributed by atoms with van der Waals surface area (Å²) in [4.78, 5) is 29.2. The standard InChI is InChI=1S/C22H24N2O4S/c1-5-27-20(26)12-24-18-11-15(3)9-16(4)21(18)29-22(24)23-19(25)13-28-17-8-6-7-14(2)10-17/h6-11H,5,12-13H2,1-4H3. The predicted octanol–water partition coefficient (Wildman–Crippen LogP) is 3.70. The van der Waals surface area contributed by atoms with Crippen LogP contribution in [0.25, 0.3) is 10.2 Å². The number of hydrogen-bond acceptors (Lipinski definition) is 5. The van der Waals surface area contributed by atoms with Gasteiger partial charge in [0.25, 0.3) is 5.91 Å². The van der Waals surface area contributed by atoms with Crippen LogP contribution in [0.4, 0.5) is 0 Å². The molecule has 0 saturated heterocycles. The molecule has 0 radical (unpaired) electrons. The molecule has 0 aliphatic rings. The van der Waals surface area contributed by atoms with E-state index in [9.17, 15) is 9.59 Å². The second kappa shape index (κ2) is 9.05. The van der Waals surface area contributed by atoms with Crippen LogP contribution in [0.2, 0.25) is 0 Å². The van der Waals surface area contributed by atoms with E-state index in [1.165, 1.54) is 11.3 Å². The number of rotatable bonds is 6. The van der Waals surface area contributed by atoms with Crippen LogP contribution in [-0.4, -0.2) is 29.7 Å². The molecule has 0 atom stereocenters. The number of fused-ring (bicyclic) bond motifs is 1. The second-order valence-corrected chi connectivity index (χ2v) is 7.79. The fraction of sp³-hybridized carbons (Fsp3) is 0.318. The Morgan fingerprint density at radius 1 is 1.10 bits per heavy atom. The lowest BCUT2D eigenvalue weighted by atomic mass is 10.1. The SMILES string of the molecule is CCOC(=O)Cn1c(=NC(=O)COc2cccc(C)c2)sc2c(C)cc(C)cc21. The third-order valence-electron chi connectivity index (χ3n) is 4.28. The number of carbonyl (C=O) groups is 2. The first-order chi connectivity index (χ1) is 13.9. The normalized spacial score (nSPS) is 11.7. The number of esters is 1. The minimum absolute atomic E-state index is 0.00157. The van der Waals surface area contributed by atoms with Gasteiger partial charge in [0.1, 0.15) is 12.3 Å². The van der Waals surface area contributed by atoms with Crippen LogP contribution in [0.3, 0.4) is 0 Å². The summed E-state index contributed by atoms with van der Waals surface area (Å²) in [5, 5.41) is 0. The highest BCUT2D eigenvalue weighted by atomic mass is 32.1. The van der Waals surface area contributed by atoms with Crippen LogP contribution >= 0.6 is 11.3 Å². The van der Waals surface area contributed by atoms with Gasteiger partial charge in [0.2, 0.25) is 0 Å². The molecular weight excluding hydrogens is 388 g/mol. The minimum atomic E-state index is -0.412. The van der Waals surface area contributed by atoms with Crippen LogP contribution in [0.1, 0.15) is 23.6 Å². The zero-order valence-electron chi connectivity index (χ0n) is 17.0. The van der Waals surface area contributed by atoms with E-state index in [0.29, 0.717) is 17.2 Å². The predicted molar refractivity (Wildman–Crippen MR) is 113 cm³/mol. The van der Waals surface area contributed by atoms with E-state index in [-0.39, 0.29) is 19.1 Å². The van der Waals surface area contributed by atoms with Gasteiger partial charge in [-0.15, -0.1) is 0 Å². The Kier molecular flexibility index (Phi) is 6.49. The fourth-order valence-corrected chi connectivity index (χ4v) is 4.17. The largest absolute Gasteiger partial charge is 0.484 e. The van der Waals surface area contributed by atoms with E-state index in [4.69, 9.17) is 9.47 Å². The summed E-state index contributed by atoms with van der Waals surface area (Å²) in [6.07, 6.45) is 0. The average molecular weight is 413 g/mol. The highest BCUT2D eigenvalue weighted by Gasteiger charge is 2.14. The molecule has 152 valence electrons. The summed E-state index contributed by atoms with van der Waals surface area (Å²) in [7, 11) is 0. The molecule has 0 aliphatic heterocycles. The van der Waals surface area contributed by atoms with Crippen molar-refractivity contribution in [2.75, 3.05) is 13.2 Å². The molecule has 0 bridgehead atoms. The number of benzene rings is 2. The molecule has 3 aromatic rings. The van der Waals surface area contributed by atoms with E-state index in [0.717, 1.165) is 26.9 Å². The molecule has 1 amide bonds. The van der Waals surface area contributed by atoms with Crippen molar-refractivity contribution >= 4 is 33.4 Å². The maximum absolute atomic E-state index is 12.4. The molecule has 6 nitrogen and oxygen atoms in total. The monoisotopic (exact) mass is 412 g/mol. The van der Waals surface area contributed by atoms with E-state index in [1.807, 2.05) is 45.0 Å². The molecule has 3 rings (SSSR count). The van der Waals surface area contributed by atoms with Crippen LogP contribution in [0, 0.1) is 20.8 Å². The minimum Gasteiger partial charge on any atom is -0.484 e. The van der Waals surface area contributed by atoms with Crippen molar-refractivity contribution in [3.05, 3.63) is 57.9 Å². The molecule has 1 aromatic heterocycles. The van der Waals surface area contributed by atoms with E-state index in [1.54, 1.807) is 17.6 Å². The van der Waals surface area contributed by atoms with Crippen molar-refractivity contribution in [2.45, 2.75) is 34.2 Å². The molecule has 2 aromatic carbocycles. The molecule has 0 unspecified atom stereocenters. The number of aromatic nitrogens is 1. The number of carbonyl (C=O) groups excluding carboxylic acids is 2. The van der Waals surface area contributed by atoms with Crippen molar-refractivity contribution in [3.8, 4) is 5.75 Å². The maximum atomic E-state index is 12.4. The molecule has 0 saturated carbocycles. The lowest BCUT2D eigenvalue weighted by molar-refractivity contribution is -0.143. The summed E-state index contributed by atoms with van der Waals surface area (Å²) in [5.74, 6) is -0.155. The highest BCUT2D eigenvalue weighted by Crippen LogP contribution is 2.23. The first kappa shape index (κ1) is 20.8. The topological polar surface area (TPSA) is 69.9 Å². The number of aryl methyl sites for hydroxylation is 3. The van der Waals surface area contributed by atoms with Gasteiger partial charge < -0.3 is 14.0 Å². The molecule has 0 N–H and O–H groups in total. The van der Waals surface area contributed by atoms with Gasteiger partial charge in [-0.05, 0) is 62.6 Å². The number of ether oxygens (including phenoxy) is 2. The van der Waals surface area contributed by atoms with Gasteiger partial charge in [-0.1, -0.05) is 29.5 Å². The number of thiazole rings is 1. The zero-order valence-corrected chi connectivity index (χ0v) is 17.8. The Hall–Kier alpha value is -2.93. The second-order valence-electron chi connectivity index (χ2n) is 6.82. The Morgan fingerprint density at radius 3 is 2.62 bits per heavy atom. The summed E-state index contributed by atoms with van der Waals surface area (Å²) >= 11 is 1.38. The molecule has 0 spiro atoms. The van der Waals surface area contributed by atoms with Crippen LogP contribution < -0.4 is 9.54 Å². The third-order valence-corrected chi connectivity index (χ3v) is 5.51. The Bertz CT molecular complexity index is 1130. The van der Waals surface area contributed by atoms with Gasteiger partial charge >= 0.3 is 5.97 Å². The molecule has 7 heteroatoms. The van der Waals surface area contributed by atoms with Crippen molar-refractivity contribution in [3.63, 3.8) is 0 Å². The Morgan fingerprint density at radius 2 is 1.90 bits per heavy atom.